The van der Waals surface area contributed by atoms with Gasteiger partial charge >= 0.3 is 0 Å². The van der Waals surface area contributed by atoms with Crippen molar-refractivity contribution in [1.82, 2.24) is 4.90 Å². The Kier molecular flexibility index (Phi) is 3.40. The van der Waals surface area contributed by atoms with Crippen molar-refractivity contribution >= 4 is 0 Å². The fraction of sp³-hybridized carbons (Fsp3) is 0.625. The van der Waals surface area contributed by atoms with Gasteiger partial charge in [-0.05, 0) is 43.4 Å². The summed E-state index contributed by atoms with van der Waals surface area (Å²) in [5.41, 5.74) is 9.08. The van der Waals surface area contributed by atoms with Crippen LogP contribution in [0, 0.1) is 5.92 Å². The Morgan fingerprint density at radius 2 is 1.83 bits per heavy atom. The van der Waals surface area contributed by atoms with Gasteiger partial charge in [0, 0.05) is 18.6 Å². The molecule has 0 aromatic heterocycles. The molecule has 2 aliphatic carbocycles. The maximum atomic E-state index is 6.26. The fourth-order valence-electron chi connectivity index (χ4n) is 3.79. The summed E-state index contributed by atoms with van der Waals surface area (Å²) < 4.78 is 0. The first-order valence-corrected chi connectivity index (χ1v) is 7.30. The van der Waals surface area contributed by atoms with Crippen LogP contribution in [0.1, 0.15) is 55.3 Å². The number of benzene rings is 1. The van der Waals surface area contributed by atoms with Gasteiger partial charge in [0.1, 0.15) is 0 Å². The van der Waals surface area contributed by atoms with Crippen molar-refractivity contribution in [1.29, 1.82) is 0 Å². The maximum absolute atomic E-state index is 6.26. The lowest BCUT2D eigenvalue weighted by Crippen LogP contribution is -2.28. The minimum Gasteiger partial charge on any atom is -0.324 e. The zero-order valence-electron chi connectivity index (χ0n) is 11.3. The zero-order chi connectivity index (χ0) is 12.5. The summed E-state index contributed by atoms with van der Waals surface area (Å²) in [4.78, 5) is 2.54. The summed E-state index contributed by atoms with van der Waals surface area (Å²) in [5, 5.41) is 0. The van der Waals surface area contributed by atoms with Crippen LogP contribution in [0.15, 0.2) is 24.3 Å². The van der Waals surface area contributed by atoms with Gasteiger partial charge in [-0.2, -0.15) is 0 Å². The first kappa shape index (κ1) is 12.2. The minimum absolute atomic E-state index is 0.234. The van der Waals surface area contributed by atoms with Gasteiger partial charge in [-0.1, -0.05) is 37.1 Å². The maximum Gasteiger partial charge on any atom is 0.0366 e. The molecule has 2 N–H and O–H groups in total. The number of nitrogens with two attached hydrogens (primary N) is 1. The third kappa shape index (κ3) is 2.19. The Morgan fingerprint density at radius 3 is 2.56 bits per heavy atom. The monoisotopic (exact) mass is 244 g/mol. The molecule has 2 nitrogen and oxygen atoms in total. The molecule has 0 spiro atoms. The standard InChI is InChI=1S/C16H24N2/c1-18(11-12-6-2-3-7-12)16-10-15(17)13-8-4-5-9-14(13)16/h4-5,8-9,12,15-16H,2-3,6-7,10-11,17H2,1H3. The summed E-state index contributed by atoms with van der Waals surface area (Å²) in [6.07, 6.45) is 6.79. The van der Waals surface area contributed by atoms with Gasteiger partial charge in [0.25, 0.3) is 0 Å². The fourth-order valence-corrected chi connectivity index (χ4v) is 3.79. The van der Waals surface area contributed by atoms with Crippen LogP contribution in [0.3, 0.4) is 0 Å². The highest BCUT2D eigenvalue weighted by Gasteiger charge is 2.31. The summed E-state index contributed by atoms with van der Waals surface area (Å²) >= 11 is 0. The molecule has 2 heteroatoms. The normalized spacial score (nSPS) is 27.9. The Balaban J connectivity index is 1.73. The van der Waals surface area contributed by atoms with Crippen LogP contribution in [0.5, 0.6) is 0 Å². The first-order valence-electron chi connectivity index (χ1n) is 7.30. The van der Waals surface area contributed by atoms with Gasteiger partial charge in [-0.15, -0.1) is 0 Å². The molecule has 1 saturated carbocycles. The van der Waals surface area contributed by atoms with Crippen molar-refractivity contribution in [2.24, 2.45) is 11.7 Å². The second-order valence-corrected chi connectivity index (χ2v) is 6.08. The molecule has 2 aliphatic rings. The Bertz CT molecular complexity index is 409. The number of hydrogen-bond acceptors (Lipinski definition) is 2. The molecule has 1 aromatic rings. The van der Waals surface area contributed by atoms with Gasteiger partial charge < -0.3 is 5.73 Å². The molecule has 0 bridgehead atoms. The number of nitrogens with zero attached hydrogens (tertiary/aromatic N) is 1. The van der Waals surface area contributed by atoms with E-state index in [0.29, 0.717) is 6.04 Å². The summed E-state index contributed by atoms with van der Waals surface area (Å²) in [6.45, 7) is 1.24. The Morgan fingerprint density at radius 1 is 1.17 bits per heavy atom. The van der Waals surface area contributed by atoms with Crippen molar-refractivity contribution in [2.75, 3.05) is 13.6 Å². The van der Waals surface area contributed by atoms with E-state index in [0.717, 1.165) is 12.3 Å². The van der Waals surface area contributed by atoms with Crippen LogP contribution < -0.4 is 5.73 Å². The SMILES string of the molecule is CN(CC1CCCC1)C1CC(N)c2ccccc21. The molecule has 2 atom stereocenters. The van der Waals surface area contributed by atoms with E-state index in [2.05, 4.69) is 36.2 Å². The van der Waals surface area contributed by atoms with Crippen LogP contribution >= 0.6 is 0 Å². The molecule has 1 fully saturated rings. The average Bonchev–Trinajstić information content (AvgIpc) is 2.98. The Labute approximate surface area is 110 Å². The van der Waals surface area contributed by atoms with E-state index >= 15 is 0 Å². The number of hydrogen-bond donors (Lipinski definition) is 1. The molecule has 18 heavy (non-hydrogen) atoms. The molecule has 98 valence electrons. The highest BCUT2D eigenvalue weighted by Crippen LogP contribution is 2.41. The van der Waals surface area contributed by atoms with Gasteiger partial charge in [-0.25, -0.2) is 0 Å². The topological polar surface area (TPSA) is 29.3 Å². The molecule has 0 radical (unpaired) electrons. The van der Waals surface area contributed by atoms with Gasteiger partial charge in [0.15, 0.2) is 0 Å². The third-order valence-electron chi connectivity index (χ3n) is 4.78. The largest absolute Gasteiger partial charge is 0.324 e. The van der Waals surface area contributed by atoms with Crippen LogP contribution in [-0.2, 0) is 0 Å². The second kappa shape index (κ2) is 5.02. The molecule has 0 saturated heterocycles. The van der Waals surface area contributed by atoms with Crippen molar-refractivity contribution in [3.63, 3.8) is 0 Å². The van der Waals surface area contributed by atoms with Crippen LogP contribution in [-0.4, -0.2) is 18.5 Å². The molecule has 2 unspecified atom stereocenters. The van der Waals surface area contributed by atoms with E-state index in [1.54, 1.807) is 0 Å². The van der Waals surface area contributed by atoms with E-state index in [9.17, 15) is 0 Å². The molecule has 0 amide bonds. The van der Waals surface area contributed by atoms with Gasteiger partial charge in [-0.3, -0.25) is 4.90 Å². The zero-order valence-corrected chi connectivity index (χ0v) is 11.3. The van der Waals surface area contributed by atoms with Crippen LogP contribution in [0.4, 0.5) is 0 Å². The van der Waals surface area contributed by atoms with Crippen LogP contribution in [0.25, 0.3) is 0 Å². The van der Waals surface area contributed by atoms with Gasteiger partial charge in [0.2, 0.25) is 0 Å². The molecule has 0 heterocycles. The lowest BCUT2D eigenvalue weighted by Gasteiger charge is -2.28. The summed E-state index contributed by atoms with van der Waals surface area (Å²) in [5.74, 6) is 0.916. The number of fused-ring (bicyclic) bond motifs is 1. The highest BCUT2D eigenvalue weighted by atomic mass is 15.1. The second-order valence-electron chi connectivity index (χ2n) is 6.08. The summed E-state index contributed by atoms with van der Waals surface area (Å²) in [6, 6.07) is 9.49. The molecule has 3 rings (SSSR count). The predicted molar refractivity (Wildman–Crippen MR) is 75.3 cm³/mol. The van der Waals surface area contributed by atoms with Crippen molar-refractivity contribution in [2.45, 2.75) is 44.2 Å². The lowest BCUT2D eigenvalue weighted by atomic mass is 10.0. The lowest BCUT2D eigenvalue weighted by molar-refractivity contribution is 0.203. The minimum atomic E-state index is 0.234. The van der Waals surface area contributed by atoms with Gasteiger partial charge in [0.05, 0.1) is 0 Å². The van der Waals surface area contributed by atoms with Crippen molar-refractivity contribution in [3.8, 4) is 0 Å². The summed E-state index contributed by atoms with van der Waals surface area (Å²) in [7, 11) is 2.28. The predicted octanol–water partition coefficient (Wildman–Crippen LogP) is 3.25. The molecule has 1 aromatic carbocycles. The smallest absolute Gasteiger partial charge is 0.0366 e. The third-order valence-corrected chi connectivity index (χ3v) is 4.78. The van der Waals surface area contributed by atoms with E-state index in [-0.39, 0.29) is 6.04 Å². The highest BCUT2D eigenvalue weighted by molar-refractivity contribution is 5.37. The van der Waals surface area contributed by atoms with E-state index in [4.69, 9.17) is 5.73 Å². The van der Waals surface area contributed by atoms with E-state index < -0.39 is 0 Å². The van der Waals surface area contributed by atoms with Crippen LogP contribution in [0.2, 0.25) is 0 Å². The van der Waals surface area contributed by atoms with E-state index in [1.165, 1.54) is 43.4 Å². The Hall–Kier alpha value is -0.860. The molecule has 0 aliphatic heterocycles. The average molecular weight is 244 g/mol. The molecular formula is C16H24N2. The van der Waals surface area contributed by atoms with E-state index in [1.807, 2.05) is 0 Å². The molecular weight excluding hydrogens is 220 g/mol. The number of rotatable bonds is 3. The quantitative estimate of drug-likeness (QED) is 0.884. The van der Waals surface area contributed by atoms with Crippen molar-refractivity contribution < 1.29 is 0 Å². The van der Waals surface area contributed by atoms with Crippen molar-refractivity contribution in [3.05, 3.63) is 35.4 Å². The first-order chi connectivity index (χ1) is 8.75.